The molecular weight excluding hydrogens is 388 g/mol. The molecule has 3 aromatic heterocycles. The van der Waals surface area contributed by atoms with E-state index in [4.69, 9.17) is 10.1 Å². The minimum absolute atomic E-state index is 0.103. The molecule has 0 amide bonds. The predicted molar refractivity (Wildman–Crippen MR) is 119 cm³/mol. The van der Waals surface area contributed by atoms with Crippen molar-refractivity contribution in [2.24, 2.45) is 0 Å². The van der Waals surface area contributed by atoms with E-state index in [-0.39, 0.29) is 12.1 Å². The summed E-state index contributed by atoms with van der Waals surface area (Å²) >= 11 is 0. The van der Waals surface area contributed by atoms with Crippen molar-refractivity contribution in [1.82, 2.24) is 29.7 Å². The van der Waals surface area contributed by atoms with E-state index in [0.29, 0.717) is 13.1 Å². The number of H-pyrrole nitrogens is 1. The number of benzene rings is 1. The summed E-state index contributed by atoms with van der Waals surface area (Å²) in [6.45, 7) is 7.63. The van der Waals surface area contributed by atoms with Crippen molar-refractivity contribution in [1.29, 1.82) is 0 Å². The molecule has 2 N–H and O–H groups in total. The molecule has 1 saturated heterocycles. The summed E-state index contributed by atoms with van der Waals surface area (Å²) in [6, 6.07) is 11.0. The number of nitrogens with one attached hydrogen (secondary N) is 1. The minimum atomic E-state index is -0.240. The third-order valence-corrected chi connectivity index (χ3v) is 6.18. The van der Waals surface area contributed by atoms with Crippen molar-refractivity contribution >= 4 is 5.65 Å². The quantitative estimate of drug-likeness (QED) is 0.505. The summed E-state index contributed by atoms with van der Waals surface area (Å²) < 4.78 is 1.97. The van der Waals surface area contributed by atoms with E-state index < -0.39 is 0 Å². The fraction of sp³-hybridized carbons (Fsp3) is 0.375. The van der Waals surface area contributed by atoms with Crippen molar-refractivity contribution in [3.8, 4) is 0 Å². The van der Waals surface area contributed by atoms with Gasteiger partial charge >= 0.3 is 0 Å². The summed E-state index contributed by atoms with van der Waals surface area (Å²) in [5, 5.41) is 21.7. The van der Waals surface area contributed by atoms with E-state index in [9.17, 15) is 5.11 Å². The first-order chi connectivity index (χ1) is 15.0. The summed E-state index contributed by atoms with van der Waals surface area (Å²) in [6.07, 6.45) is 5.26. The first-order valence-electron chi connectivity index (χ1n) is 10.9. The highest BCUT2D eigenvalue weighted by Crippen LogP contribution is 2.32. The Morgan fingerprint density at radius 3 is 2.58 bits per heavy atom. The molecule has 1 unspecified atom stereocenters. The smallest absolute Gasteiger partial charge is 0.159 e. The van der Waals surface area contributed by atoms with Gasteiger partial charge in [-0.3, -0.25) is 10.00 Å². The van der Waals surface area contributed by atoms with Crippen LogP contribution in [0.1, 0.15) is 52.3 Å². The van der Waals surface area contributed by atoms with E-state index in [1.165, 1.54) is 16.7 Å². The number of aliphatic hydroxyl groups excluding tert-OH is 1. The second-order valence-electron chi connectivity index (χ2n) is 8.51. The predicted octanol–water partition coefficient (Wildman–Crippen LogP) is 2.99. The van der Waals surface area contributed by atoms with Crippen LogP contribution in [0.3, 0.4) is 0 Å². The Hall–Kier alpha value is -3.03. The van der Waals surface area contributed by atoms with Gasteiger partial charge in [0, 0.05) is 48.2 Å². The van der Waals surface area contributed by atoms with E-state index >= 15 is 0 Å². The van der Waals surface area contributed by atoms with Crippen molar-refractivity contribution in [2.45, 2.75) is 45.8 Å². The molecule has 1 aromatic carbocycles. The standard InChI is InChI=1S/C24H28N6O/c1-4-22-21(24-27-15(2)9-16(3)30(24)28-22)10-17-5-7-18(8-6-17)23(19-11-25-26-12-19)29-13-20(31)14-29/h5-9,11-12,20,23,31H,4,10,13-14H2,1-3H3,(H,25,26). The van der Waals surface area contributed by atoms with Gasteiger partial charge in [0.05, 0.1) is 24.0 Å². The maximum atomic E-state index is 9.80. The molecule has 4 aromatic rings. The van der Waals surface area contributed by atoms with Crippen molar-refractivity contribution in [2.75, 3.05) is 13.1 Å². The number of aromatic nitrogens is 5. The van der Waals surface area contributed by atoms with E-state index in [1.807, 2.05) is 23.8 Å². The topological polar surface area (TPSA) is 82.3 Å². The second-order valence-corrected chi connectivity index (χ2v) is 8.51. The van der Waals surface area contributed by atoms with Crippen molar-refractivity contribution < 1.29 is 5.11 Å². The highest BCUT2D eigenvalue weighted by Gasteiger charge is 2.33. The van der Waals surface area contributed by atoms with Crippen LogP contribution in [0.5, 0.6) is 0 Å². The summed E-state index contributed by atoms with van der Waals surface area (Å²) in [5.41, 5.74) is 8.97. The molecule has 7 heteroatoms. The normalized spacial score (nSPS) is 16.0. The molecule has 1 fully saturated rings. The maximum absolute atomic E-state index is 9.80. The lowest BCUT2D eigenvalue weighted by Crippen LogP contribution is -2.52. The lowest BCUT2D eigenvalue weighted by molar-refractivity contribution is -0.0160. The van der Waals surface area contributed by atoms with Crippen LogP contribution in [-0.4, -0.2) is 54.0 Å². The monoisotopic (exact) mass is 416 g/mol. The Morgan fingerprint density at radius 2 is 1.94 bits per heavy atom. The number of fused-ring (bicyclic) bond motifs is 1. The van der Waals surface area contributed by atoms with Gasteiger partial charge in [-0.2, -0.15) is 10.2 Å². The maximum Gasteiger partial charge on any atom is 0.159 e. The van der Waals surface area contributed by atoms with Gasteiger partial charge in [0.15, 0.2) is 5.65 Å². The molecule has 0 spiro atoms. The molecule has 160 valence electrons. The van der Waals surface area contributed by atoms with Gasteiger partial charge in [0.25, 0.3) is 0 Å². The number of aryl methyl sites for hydroxylation is 3. The number of hydrogen-bond acceptors (Lipinski definition) is 5. The van der Waals surface area contributed by atoms with Gasteiger partial charge in [-0.05, 0) is 37.5 Å². The average Bonchev–Trinajstić information content (AvgIpc) is 3.37. The Bertz CT molecular complexity index is 1190. The van der Waals surface area contributed by atoms with Crippen LogP contribution in [0, 0.1) is 13.8 Å². The molecule has 0 radical (unpaired) electrons. The SMILES string of the molecule is CCc1nn2c(C)cc(C)nc2c1Cc1ccc(C(c2cn[nH]c2)N2CC(O)C2)cc1. The van der Waals surface area contributed by atoms with E-state index in [0.717, 1.165) is 41.1 Å². The van der Waals surface area contributed by atoms with Gasteiger partial charge in [-0.15, -0.1) is 0 Å². The van der Waals surface area contributed by atoms with Crippen LogP contribution in [0.2, 0.25) is 0 Å². The summed E-state index contributed by atoms with van der Waals surface area (Å²) in [4.78, 5) is 7.07. The zero-order valence-electron chi connectivity index (χ0n) is 18.2. The van der Waals surface area contributed by atoms with Crippen molar-refractivity contribution in [3.05, 3.63) is 82.1 Å². The Morgan fingerprint density at radius 1 is 1.16 bits per heavy atom. The fourth-order valence-electron chi connectivity index (χ4n) is 4.62. The first-order valence-corrected chi connectivity index (χ1v) is 10.9. The molecular formula is C24H28N6O. The molecule has 0 saturated carbocycles. The molecule has 1 aliphatic rings. The molecule has 1 atom stereocenters. The zero-order valence-corrected chi connectivity index (χ0v) is 18.2. The highest BCUT2D eigenvalue weighted by atomic mass is 16.3. The van der Waals surface area contributed by atoms with E-state index in [1.54, 1.807) is 0 Å². The summed E-state index contributed by atoms with van der Waals surface area (Å²) in [5.74, 6) is 0. The molecule has 7 nitrogen and oxygen atoms in total. The number of nitrogens with zero attached hydrogens (tertiary/aromatic N) is 5. The van der Waals surface area contributed by atoms with Crippen LogP contribution < -0.4 is 0 Å². The zero-order chi connectivity index (χ0) is 21.5. The van der Waals surface area contributed by atoms with Gasteiger partial charge in [0.1, 0.15) is 0 Å². The van der Waals surface area contributed by atoms with Crippen LogP contribution in [0.25, 0.3) is 5.65 Å². The van der Waals surface area contributed by atoms with Gasteiger partial charge in [0.2, 0.25) is 0 Å². The Kier molecular flexibility index (Phi) is 5.08. The van der Waals surface area contributed by atoms with Crippen LogP contribution in [0.15, 0.2) is 42.7 Å². The van der Waals surface area contributed by atoms with Crippen LogP contribution >= 0.6 is 0 Å². The Labute approximate surface area is 181 Å². The minimum Gasteiger partial charge on any atom is -0.390 e. The molecule has 4 heterocycles. The molecule has 1 aliphatic heterocycles. The average molecular weight is 417 g/mol. The van der Waals surface area contributed by atoms with Crippen LogP contribution in [0.4, 0.5) is 0 Å². The fourth-order valence-corrected chi connectivity index (χ4v) is 4.62. The number of β-amino-alcohol motifs (C(OH)–C–C–N with tert-alkyl or cyclic N) is 1. The number of rotatable bonds is 6. The molecule has 31 heavy (non-hydrogen) atoms. The largest absolute Gasteiger partial charge is 0.390 e. The highest BCUT2D eigenvalue weighted by molar-refractivity contribution is 5.54. The number of aliphatic hydroxyl groups is 1. The van der Waals surface area contributed by atoms with Crippen molar-refractivity contribution in [3.63, 3.8) is 0 Å². The molecule has 5 rings (SSSR count). The number of hydrogen-bond donors (Lipinski definition) is 2. The lowest BCUT2D eigenvalue weighted by atomic mass is 9.94. The number of aromatic amines is 1. The van der Waals surface area contributed by atoms with Crippen LogP contribution in [-0.2, 0) is 12.8 Å². The third kappa shape index (κ3) is 3.64. The van der Waals surface area contributed by atoms with Gasteiger partial charge < -0.3 is 5.11 Å². The third-order valence-electron chi connectivity index (χ3n) is 6.18. The van der Waals surface area contributed by atoms with Gasteiger partial charge in [-0.1, -0.05) is 31.2 Å². The molecule has 0 bridgehead atoms. The number of likely N-dealkylation sites (tertiary alicyclic amines) is 1. The second kappa shape index (κ2) is 7.90. The van der Waals surface area contributed by atoms with Gasteiger partial charge in [-0.25, -0.2) is 9.50 Å². The first kappa shape index (κ1) is 19.9. The molecule has 0 aliphatic carbocycles. The van der Waals surface area contributed by atoms with E-state index in [2.05, 4.69) is 59.3 Å². The Balaban J connectivity index is 1.46. The summed E-state index contributed by atoms with van der Waals surface area (Å²) in [7, 11) is 0. The lowest BCUT2D eigenvalue weighted by Gasteiger charge is -2.41.